The molecular formula is C12H18ClN3O. The number of halogens is 1. The van der Waals surface area contributed by atoms with Crippen molar-refractivity contribution in [2.24, 2.45) is 5.92 Å². The predicted molar refractivity (Wildman–Crippen MR) is 68.9 cm³/mol. The standard InChI is InChI=1S/C12H18ClN3O/c1-2-17-12-6-11(14-9-15-12)16-5-3-4-10(7-13)8-16/h6,9-10H,2-5,7-8H2,1H3. The van der Waals surface area contributed by atoms with Gasteiger partial charge in [0.2, 0.25) is 5.88 Å². The lowest BCUT2D eigenvalue weighted by Gasteiger charge is -2.32. The summed E-state index contributed by atoms with van der Waals surface area (Å²) in [4.78, 5) is 10.6. The van der Waals surface area contributed by atoms with E-state index in [2.05, 4.69) is 14.9 Å². The maximum absolute atomic E-state index is 5.93. The van der Waals surface area contributed by atoms with E-state index in [1.165, 1.54) is 12.8 Å². The van der Waals surface area contributed by atoms with Crippen LogP contribution < -0.4 is 9.64 Å². The van der Waals surface area contributed by atoms with Gasteiger partial charge in [0.1, 0.15) is 12.1 Å². The van der Waals surface area contributed by atoms with E-state index in [9.17, 15) is 0 Å². The van der Waals surface area contributed by atoms with E-state index < -0.39 is 0 Å². The Morgan fingerprint density at radius 2 is 2.41 bits per heavy atom. The summed E-state index contributed by atoms with van der Waals surface area (Å²) in [5.74, 6) is 2.87. The summed E-state index contributed by atoms with van der Waals surface area (Å²) >= 11 is 5.93. The number of hydrogen-bond acceptors (Lipinski definition) is 4. The zero-order chi connectivity index (χ0) is 12.1. The number of rotatable bonds is 4. The third kappa shape index (κ3) is 3.22. The molecule has 1 fully saturated rings. The maximum atomic E-state index is 5.93. The minimum absolute atomic E-state index is 0.566. The Hall–Kier alpha value is -1.03. The second kappa shape index (κ2) is 6.05. The van der Waals surface area contributed by atoms with E-state index in [-0.39, 0.29) is 0 Å². The van der Waals surface area contributed by atoms with Gasteiger partial charge in [-0.1, -0.05) is 0 Å². The van der Waals surface area contributed by atoms with Gasteiger partial charge in [0.05, 0.1) is 6.61 Å². The Bertz CT molecular complexity index is 361. The van der Waals surface area contributed by atoms with Crippen molar-refractivity contribution in [1.82, 2.24) is 9.97 Å². The molecule has 0 N–H and O–H groups in total. The van der Waals surface area contributed by atoms with Crippen LogP contribution in [0.25, 0.3) is 0 Å². The number of hydrogen-bond donors (Lipinski definition) is 0. The van der Waals surface area contributed by atoms with Crippen molar-refractivity contribution in [3.05, 3.63) is 12.4 Å². The Morgan fingerprint density at radius 1 is 1.53 bits per heavy atom. The Morgan fingerprint density at radius 3 is 3.18 bits per heavy atom. The number of piperidine rings is 1. The molecule has 0 aliphatic carbocycles. The first-order valence-electron chi connectivity index (χ1n) is 6.09. The quantitative estimate of drug-likeness (QED) is 0.774. The highest BCUT2D eigenvalue weighted by Crippen LogP contribution is 2.23. The lowest BCUT2D eigenvalue weighted by Crippen LogP contribution is -2.36. The van der Waals surface area contributed by atoms with Crippen LogP contribution in [0, 0.1) is 5.92 Å². The van der Waals surface area contributed by atoms with E-state index in [0.29, 0.717) is 18.4 Å². The summed E-state index contributed by atoms with van der Waals surface area (Å²) in [5, 5.41) is 0. The highest BCUT2D eigenvalue weighted by atomic mass is 35.5. The van der Waals surface area contributed by atoms with Gasteiger partial charge < -0.3 is 9.64 Å². The predicted octanol–water partition coefficient (Wildman–Crippen LogP) is 2.33. The Balaban J connectivity index is 2.07. The highest BCUT2D eigenvalue weighted by Gasteiger charge is 2.20. The van der Waals surface area contributed by atoms with E-state index >= 15 is 0 Å². The van der Waals surface area contributed by atoms with Gasteiger partial charge >= 0.3 is 0 Å². The second-order valence-electron chi connectivity index (χ2n) is 4.26. The SMILES string of the molecule is CCOc1cc(N2CCCC(CCl)C2)ncn1. The third-order valence-corrected chi connectivity index (χ3v) is 3.42. The zero-order valence-electron chi connectivity index (χ0n) is 10.1. The lowest BCUT2D eigenvalue weighted by atomic mass is 10.0. The smallest absolute Gasteiger partial charge is 0.218 e. The van der Waals surface area contributed by atoms with Crippen LogP contribution in [0.5, 0.6) is 5.88 Å². The fourth-order valence-corrected chi connectivity index (χ4v) is 2.38. The van der Waals surface area contributed by atoms with Crippen LogP contribution in [0.4, 0.5) is 5.82 Å². The first-order chi connectivity index (χ1) is 8.33. The molecule has 17 heavy (non-hydrogen) atoms. The summed E-state index contributed by atoms with van der Waals surface area (Å²) in [5.41, 5.74) is 0. The molecule has 2 rings (SSSR count). The third-order valence-electron chi connectivity index (χ3n) is 2.98. The molecule has 0 amide bonds. The second-order valence-corrected chi connectivity index (χ2v) is 4.56. The van der Waals surface area contributed by atoms with Gasteiger partial charge in [-0.3, -0.25) is 0 Å². The van der Waals surface area contributed by atoms with Crippen LogP contribution in [0.3, 0.4) is 0 Å². The van der Waals surface area contributed by atoms with Crippen LogP contribution >= 0.6 is 11.6 Å². The van der Waals surface area contributed by atoms with E-state index in [0.717, 1.165) is 24.8 Å². The van der Waals surface area contributed by atoms with Crippen molar-refractivity contribution in [3.63, 3.8) is 0 Å². The van der Waals surface area contributed by atoms with Crippen molar-refractivity contribution in [2.45, 2.75) is 19.8 Å². The number of aromatic nitrogens is 2. The average Bonchev–Trinajstić information content (AvgIpc) is 2.40. The molecule has 0 saturated carbocycles. The molecule has 1 saturated heterocycles. The molecule has 0 radical (unpaired) electrons. The molecule has 1 aliphatic heterocycles. The van der Waals surface area contributed by atoms with Crippen molar-refractivity contribution < 1.29 is 4.74 Å². The van der Waals surface area contributed by atoms with Gasteiger partial charge in [-0.15, -0.1) is 11.6 Å². The fourth-order valence-electron chi connectivity index (χ4n) is 2.13. The van der Waals surface area contributed by atoms with Gasteiger partial charge in [0.15, 0.2) is 0 Å². The molecule has 0 bridgehead atoms. The minimum Gasteiger partial charge on any atom is -0.478 e. The number of alkyl halides is 1. The first-order valence-corrected chi connectivity index (χ1v) is 6.62. The molecule has 94 valence electrons. The van der Waals surface area contributed by atoms with Crippen molar-refractivity contribution >= 4 is 17.4 Å². The normalized spacial score (nSPS) is 20.4. The number of nitrogens with zero attached hydrogens (tertiary/aromatic N) is 3. The molecule has 1 aromatic rings. The van der Waals surface area contributed by atoms with Crippen LogP contribution in [-0.4, -0.2) is 35.5 Å². The fraction of sp³-hybridized carbons (Fsp3) is 0.667. The molecule has 5 heteroatoms. The summed E-state index contributed by atoms with van der Waals surface area (Å²) in [7, 11) is 0. The molecule has 0 aromatic carbocycles. The van der Waals surface area contributed by atoms with Gasteiger partial charge in [-0.05, 0) is 25.7 Å². The first kappa shape index (κ1) is 12.4. The van der Waals surface area contributed by atoms with Crippen molar-refractivity contribution in [3.8, 4) is 5.88 Å². The molecule has 1 aromatic heterocycles. The zero-order valence-corrected chi connectivity index (χ0v) is 10.9. The highest BCUT2D eigenvalue weighted by molar-refractivity contribution is 6.18. The lowest BCUT2D eigenvalue weighted by molar-refractivity contribution is 0.326. The largest absolute Gasteiger partial charge is 0.478 e. The molecule has 1 unspecified atom stereocenters. The summed E-state index contributed by atoms with van der Waals surface area (Å²) in [6.07, 6.45) is 3.94. The minimum atomic E-state index is 0.566. The van der Waals surface area contributed by atoms with E-state index in [4.69, 9.17) is 16.3 Å². The van der Waals surface area contributed by atoms with Crippen LogP contribution in [0.1, 0.15) is 19.8 Å². The number of ether oxygens (including phenoxy) is 1. The van der Waals surface area contributed by atoms with Gasteiger partial charge in [-0.2, -0.15) is 0 Å². The van der Waals surface area contributed by atoms with Crippen LogP contribution in [-0.2, 0) is 0 Å². The van der Waals surface area contributed by atoms with Gasteiger partial charge in [0.25, 0.3) is 0 Å². The monoisotopic (exact) mass is 255 g/mol. The van der Waals surface area contributed by atoms with Crippen LogP contribution in [0.15, 0.2) is 12.4 Å². The average molecular weight is 256 g/mol. The van der Waals surface area contributed by atoms with Gasteiger partial charge in [0, 0.05) is 25.0 Å². The topological polar surface area (TPSA) is 38.2 Å². The summed E-state index contributed by atoms with van der Waals surface area (Å²) in [6, 6.07) is 1.90. The maximum Gasteiger partial charge on any atom is 0.218 e. The van der Waals surface area contributed by atoms with E-state index in [1.807, 2.05) is 13.0 Å². The van der Waals surface area contributed by atoms with E-state index in [1.54, 1.807) is 6.33 Å². The molecule has 2 heterocycles. The van der Waals surface area contributed by atoms with Crippen LogP contribution in [0.2, 0.25) is 0 Å². The van der Waals surface area contributed by atoms with Crippen molar-refractivity contribution in [2.75, 3.05) is 30.5 Å². The molecule has 0 spiro atoms. The molecular weight excluding hydrogens is 238 g/mol. The Kier molecular flexibility index (Phi) is 4.42. The number of anilines is 1. The summed E-state index contributed by atoms with van der Waals surface area (Å²) in [6.45, 7) is 4.59. The van der Waals surface area contributed by atoms with Gasteiger partial charge in [-0.25, -0.2) is 9.97 Å². The summed E-state index contributed by atoms with van der Waals surface area (Å²) < 4.78 is 5.39. The Labute approximate surface area is 107 Å². The molecule has 4 nitrogen and oxygen atoms in total. The molecule has 1 atom stereocenters. The van der Waals surface area contributed by atoms with Crippen molar-refractivity contribution in [1.29, 1.82) is 0 Å². The molecule has 1 aliphatic rings.